The molecule has 0 saturated heterocycles. The van der Waals surface area contributed by atoms with Gasteiger partial charge in [0.25, 0.3) is 0 Å². The largest absolute Gasteiger partial charge is 0.417 e. The smallest absolute Gasteiger partial charge is 0.366 e. The van der Waals surface area contributed by atoms with Crippen molar-refractivity contribution in [2.45, 2.75) is 13.1 Å². The number of alkyl halides is 3. The van der Waals surface area contributed by atoms with Crippen molar-refractivity contribution >= 4 is 27.3 Å². The third-order valence-electron chi connectivity index (χ3n) is 2.34. The van der Waals surface area contributed by atoms with Gasteiger partial charge in [0.05, 0.1) is 11.8 Å². The second kappa shape index (κ2) is 5.72. The highest BCUT2D eigenvalue weighted by Crippen LogP contribution is 2.33. The van der Waals surface area contributed by atoms with Gasteiger partial charge in [-0.3, -0.25) is 9.52 Å². The van der Waals surface area contributed by atoms with Crippen LogP contribution in [0.25, 0.3) is 5.57 Å². The van der Waals surface area contributed by atoms with E-state index in [9.17, 15) is 26.4 Å². The number of pyridine rings is 1. The second-order valence-corrected chi connectivity index (χ2v) is 5.81. The number of nitrogens with zero attached hydrogens (tertiary/aromatic N) is 1. The van der Waals surface area contributed by atoms with Gasteiger partial charge in [0.15, 0.2) is 0 Å². The van der Waals surface area contributed by atoms with Crippen molar-refractivity contribution < 1.29 is 26.4 Å². The van der Waals surface area contributed by atoms with Gasteiger partial charge in [-0.05, 0) is 13.0 Å². The molecule has 0 spiro atoms. The normalized spacial score (nSPS) is 13.1. The average molecular weight is 323 g/mol. The summed E-state index contributed by atoms with van der Waals surface area (Å²) in [7, 11) is -3.79. The van der Waals surface area contributed by atoms with E-state index in [1.54, 1.807) is 0 Å². The molecule has 6 nitrogen and oxygen atoms in total. The number of anilines is 1. The number of hydrogen-bond donors (Lipinski definition) is 2. The van der Waals surface area contributed by atoms with E-state index < -0.39 is 33.5 Å². The third-order valence-corrected chi connectivity index (χ3v) is 2.91. The van der Waals surface area contributed by atoms with E-state index in [1.807, 2.05) is 4.72 Å². The molecule has 1 aromatic rings. The Labute approximate surface area is 118 Å². The molecule has 116 valence electrons. The number of halogens is 3. The van der Waals surface area contributed by atoms with Gasteiger partial charge >= 0.3 is 6.18 Å². The molecule has 1 heterocycles. The molecule has 10 heteroatoms. The maximum atomic E-state index is 12.7. The Morgan fingerprint density at radius 1 is 1.43 bits per heavy atom. The van der Waals surface area contributed by atoms with E-state index in [1.165, 1.54) is 13.0 Å². The van der Waals surface area contributed by atoms with Crippen LogP contribution in [0.15, 0.2) is 18.3 Å². The van der Waals surface area contributed by atoms with E-state index in [0.29, 0.717) is 12.3 Å². The Bertz CT molecular complexity index is 696. The molecule has 3 N–H and O–H groups in total. The summed E-state index contributed by atoms with van der Waals surface area (Å²) >= 11 is 0. The minimum atomic E-state index is -4.69. The van der Waals surface area contributed by atoms with Crippen LogP contribution < -0.4 is 10.5 Å². The predicted molar refractivity (Wildman–Crippen MR) is 70.6 cm³/mol. The number of primary amides is 1. The molecule has 0 aliphatic rings. The number of aromatic nitrogens is 1. The van der Waals surface area contributed by atoms with E-state index in [-0.39, 0.29) is 11.1 Å². The van der Waals surface area contributed by atoms with Crippen LogP contribution in [0, 0.1) is 0 Å². The molecule has 0 bridgehead atoms. The van der Waals surface area contributed by atoms with E-state index in [4.69, 9.17) is 5.73 Å². The topological polar surface area (TPSA) is 102 Å². The number of carbonyl (C=O) groups excluding carboxylic acids is 1. The summed E-state index contributed by atoms with van der Waals surface area (Å²) in [6.07, 6.45) is -2.25. The first-order valence-electron chi connectivity index (χ1n) is 5.47. The molecule has 0 radical (unpaired) electrons. The first kappa shape index (κ1) is 17.0. The Balaban J connectivity index is 3.56. The molecule has 0 fully saturated rings. The van der Waals surface area contributed by atoms with Crippen molar-refractivity contribution in [3.05, 3.63) is 29.5 Å². The highest BCUT2D eigenvalue weighted by Gasteiger charge is 2.32. The summed E-state index contributed by atoms with van der Waals surface area (Å²) in [4.78, 5) is 14.7. The summed E-state index contributed by atoms with van der Waals surface area (Å²) in [5.41, 5.74) is 3.33. The zero-order valence-electron chi connectivity index (χ0n) is 11.0. The fourth-order valence-corrected chi connectivity index (χ4v) is 2.03. The fraction of sp³-hybridized carbons (Fsp3) is 0.273. The number of rotatable bonds is 4. The lowest BCUT2D eigenvalue weighted by atomic mass is 10.0. The monoisotopic (exact) mass is 323 g/mol. The first-order chi connectivity index (χ1) is 9.45. The van der Waals surface area contributed by atoms with Crippen molar-refractivity contribution in [1.82, 2.24) is 4.98 Å². The average Bonchev–Trinajstić information content (AvgIpc) is 2.28. The zero-order chi connectivity index (χ0) is 16.4. The molecule has 0 saturated carbocycles. The summed E-state index contributed by atoms with van der Waals surface area (Å²) in [5, 5.41) is 0. The van der Waals surface area contributed by atoms with Gasteiger partial charge in [0, 0.05) is 17.3 Å². The van der Waals surface area contributed by atoms with Crippen LogP contribution >= 0.6 is 0 Å². The Morgan fingerprint density at radius 2 is 2.00 bits per heavy atom. The zero-order valence-corrected chi connectivity index (χ0v) is 11.8. The van der Waals surface area contributed by atoms with Crippen LogP contribution in [0.3, 0.4) is 0 Å². The lowest BCUT2D eigenvalue weighted by Crippen LogP contribution is -2.18. The fourth-order valence-electron chi connectivity index (χ4n) is 1.51. The minimum absolute atomic E-state index is 0.278. The van der Waals surface area contributed by atoms with Crippen molar-refractivity contribution in [2.75, 3.05) is 11.0 Å². The van der Waals surface area contributed by atoms with Crippen LogP contribution in [0.1, 0.15) is 18.1 Å². The van der Waals surface area contributed by atoms with Gasteiger partial charge in [0.2, 0.25) is 15.9 Å². The number of allylic oxidation sites excluding steroid dienone is 1. The number of nitrogens with one attached hydrogen (secondary N) is 1. The number of amides is 1. The Morgan fingerprint density at radius 3 is 2.38 bits per heavy atom. The molecule has 0 aromatic carbocycles. The van der Waals surface area contributed by atoms with Crippen molar-refractivity contribution in [2.24, 2.45) is 5.73 Å². The lowest BCUT2D eigenvalue weighted by Gasteiger charge is -2.14. The molecular formula is C11H12F3N3O3S. The van der Waals surface area contributed by atoms with Gasteiger partial charge < -0.3 is 5.73 Å². The van der Waals surface area contributed by atoms with Gasteiger partial charge in [-0.25, -0.2) is 13.4 Å². The molecule has 0 atom stereocenters. The quantitative estimate of drug-likeness (QED) is 0.817. The maximum absolute atomic E-state index is 12.7. The van der Waals surface area contributed by atoms with E-state index >= 15 is 0 Å². The minimum Gasteiger partial charge on any atom is -0.366 e. The second-order valence-electron chi connectivity index (χ2n) is 4.06. The Hall–Kier alpha value is -2.10. The molecule has 21 heavy (non-hydrogen) atoms. The number of carbonyl (C=O) groups is 1. The molecule has 1 rings (SSSR count). The highest BCUT2D eigenvalue weighted by atomic mass is 32.2. The van der Waals surface area contributed by atoms with Crippen molar-refractivity contribution in [3.8, 4) is 0 Å². The van der Waals surface area contributed by atoms with Gasteiger partial charge in [-0.1, -0.05) is 6.08 Å². The molecule has 0 unspecified atom stereocenters. The van der Waals surface area contributed by atoms with Crippen LogP contribution in [0.4, 0.5) is 19.0 Å². The first-order valence-corrected chi connectivity index (χ1v) is 7.36. The highest BCUT2D eigenvalue weighted by molar-refractivity contribution is 7.92. The number of sulfonamides is 1. The molecule has 1 amide bonds. The van der Waals surface area contributed by atoms with Crippen LogP contribution in [-0.4, -0.2) is 25.6 Å². The molecule has 0 aliphatic heterocycles. The van der Waals surface area contributed by atoms with E-state index in [2.05, 4.69) is 4.98 Å². The summed E-state index contributed by atoms with van der Waals surface area (Å²) < 4.78 is 62.4. The Kier molecular flexibility index (Phi) is 4.62. The van der Waals surface area contributed by atoms with Gasteiger partial charge in [0.1, 0.15) is 5.82 Å². The lowest BCUT2D eigenvalue weighted by molar-refractivity contribution is -0.137. The molecule has 1 aromatic heterocycles. The van der Waals surface area contributed by atoms with Crippen LogP contribution in [0.2, 0.25) is 0 Å². The van der Waals surface area contributed by atoms with Gasteiger partial charge in [-0.15, -0.1) is 0 Å². The van der Waals surface area contributed by atoms with Crippen molar-refractivity contribution in [1.29, 1.82) is 0 Å². The standard InChI is InChI=1S/C11H12F3N3O3S/c1-3-7(9(15)18)8-4-6(11(12,13)14)5-16-10(8)17-21(2,19)20/h3-5H,1-2H3,(H2,15,18)(H,16,17)/b7-3+. The van der Waals surface area contributed by atoms with Crippen LogP contribution in [-0.2, 0) is 21.0 Å². The number of hydrogen-bond acceptors (Lipinski definition) is 4. The predicted octanol–water partition coefficient (Wildman–Crippen LogP) is 1.36. The van der Waals surface area contributed by atoms with Crippen LogP contribution in [0.5, 0.6) is 0 Å². The summed E-state index contributed by atoms with van der Waals surface area (Å²) in [6, 6.07) is 0.612. The molecule has 0 aliphatic carbocycles. The van der Waals surface area contributed by atoms with E-state index in [0.717, 1.165) is 6.26 Å². The SMILES string of the molecule is C/C=C(/C(N)=O)c1cc(C(F)(F)F)cnc1NS(C)(=O)=O. The third kappa shape index (κ3) is 4.45. The van der Waals surface area contributed by atoms with Crippen molar-refractivity contribution in [3.63, 3.8) is 0 Å². The number of nitrogens with two attached hydrogens (primary N) is 1. The summed E-state index contributed by atoms with van der Waals surface area (Å²) in [5.74, 6) is -1.41. The molecular weight excluding hydrogens is 311 g/mol. The van der Waals surface area contributed by atoms with Gasteiger partial charge in [-0.2, -0.15) is 13.2 Å². The maximum Gasteiger partial charge on any atom is 0.417 e. The summed E-state index contributed by atoms with van der Waals surface area (Å²) in [6.45, 7) is 1.38.